The van der Waals surface area contributed by atoms with Crippen LogP contribution in [0.15, 0.2) is 47.4 Å². The van der Waals surface area contributed by atoms with E-state index in [1.54, 1.807) is 23.1 Å². The second-order valence-corrected chi connectivity index (χ2v) is 8.50. The summed E-state index contributed by atoms with van der Waals surface area (Å²) in [5.41, 5.74) is 3.03. The number of rotatable bonds is 7. The number of aromatic nitrogens is 1. The van der Waals surface area contributed by atoms with Crippen LogP contribution in [0.25, 0.3) is 10.6 Å². The first-order valence-corrected chi connectivity index (χ1v) is 10.4. The third-order valence-corrected chi connectivity index (χ3v) is 6.51. The fourth-order valence-corrected chi connectivity index (χ4v) is 4.77. The fraction of sp³-hybridized carbons (Fsp3) is 0.200. The number of carboxylic acid groups (broad SMARTS) is 1. The summed E-state index contributed by atoms with van der Waals surface area (Å²) in [7, 11) is 0. The van der Waals surface area contributed by atoms with Crippen molar-refractivity contribution in [3.05, 3.63) is 63.6 Å². The first kappa shape index (κ1) is 19.7. The maximum Gasteiger partial charge on any atom is 0.341 e. The molecule has 4 nitrogen and oxygen atoms in total. The van der Waals surface area contributed by atoms with Crippen molar-refractivity contribution in [1.82, 2.24) is 4.98 Å². The normalized spacial score (nSPS) is 10.8. The van der Waals surface area contributed by atoms with Gasteiger partial charge >= 0.3 is 5.97 Å². The van der Waals surface area contributed by atoms with Crippen molar-refractivity contribution in [2.75, 3.05) is 6.61 Å². The van der Waals surface area contributed by atoms with Gasteiger partial charge < -0.3 is 9.84 Å². The van der Waals surface area contributed by atoms with Crippen LogP contribution < -0.4 is 4.74 Å². The SMILES string of the molecule is Cc1cc(SCc2sc(-c3ccc(Cl)cc3)nc2C)ccc1OCC(=O)O. The zero-order valence-corrected chi connectivity index (χ0v) is 17.2. The highest BCUT2D eigenvalue weighted by Gasteiger charge is 2.11. The molecule has 1 heterocycles. The minimum Gasteiger partial charge on any atom is -0.482 e. The number of aliphatic carboxylic acids is 1. The van der Waals surface area contributed by atoms with Crippen molar-refractivity contribution in [2.45, 2.75) is 24.5 Å². The Morgan fingerprint density at radius 1 is 1.22 bits per heavy atom. The first-order valence-electron chi connectivity index (χ1n) is 8.22. The lowest BCUT2D eigenvalue weighted by atomic mass is 10.2. The third-order valence-electron chi connectivity index (χ3n) is 3.85. The molecule has 0 atom stereocenters. The Kier molecular flexibility index (Phi) is 6.42. The zero-order valence-electron chi connectivity index (χ0n) is 14.9. The Labute approximate surface area is 171 Å². The van der Waals surface area contributed by atoms with Crippen molar-refractivity contribution in [3.63, 3.8) is 0 Å². The van der Waals surface area contributed by atoms with Crippen LogP contribution in [-0.2, 0) is 10.5 Å². The molecule has 7 heteroatoms. The van der Waals surface area contributed by atoms with Gasteiger partial charge in [0.05, 0.1) is 5.69 Å². The summed E-state index contributed by atoms with van der Waals surface area (Å²) in [6.07, 6.45) is 0. The van der Waals surface area contributed by atoms with Gasteiger partial charge in [0, 0.05) is 26.1 Å². The van der Waals surface area contributed by atoms with Crippen LogP contribution in [-0.4, -0.2) is 22.7 Å². The average Bonchev–Trinajstić information content (AvgIpc) is 3.00. The summed E-state index contributed by atoms with van der Waals surface area (Å²) in [5, 5.41) is 10.4. The van der Waals surface area contributed by atoms with Gasteiger partial charge in [0.25, 0.3) is 0 Å². The number of ether oxygens (including phenoxy) is 1. The van der Waals surface area contributed by atoms with Gasteiger partial charge in [0.1, 0.15) is 10.8 Å². The minimum atomic E-state index is -0.981. The quantitative estimate of drug-likeness (QED) is 0.488. The van der Waals surface area contributed by atoms with Gasteiger partial charge in [0.2, 0.25) is 0 Å². The molecule has 0 unspecified atom stereocenters. The molecule has 0 amide bonds. The van der Waals surface area contributed by atoms with E-state index in [1.165, 1.54) is 4.88 Å². The van der Waals surface area contributed by atoms with Gasteiger partial charge in [-0.05, 0) is 49.7 Å². The molecule has 0 saturated carbocycles. The standard InChI is InChI=1S/C20H18ClNO3S2/c1-12-9-16(7-8-17(12)25-10-19(23)24)26-11-18-13(2)22-20(27-18)14-3-5-15(21)6-4-14/h3-9H,10-11H2,1-2H3,(H,23,24). The Morgan fingerprint density at radius 2 is 1.96 bits per heavy atom. The van der Waals surface area contributed by atoms with Crippen molar-refractivity contribution < 1.29 is 14.6 Å². The van der Waals surface area contributed by atoms with E-state index in [-0.39, 0.29) is 6.61 Å². The molecule has 0 fully saturated rings. The van der Waals surface area contributed by atoms with Crippen LogP contribution >= 0.6 is 34.7 Å². The molecule has 0 aliphatic rings. The number of carboxylic acids is 1. The topological polar surface area (TPSA) is 59.4 Å². The van der Waals surface area contributed by atoms with E-state index in [2.05, 4.69) is 4.98 Å². The summed E-state index contributed by atoms with van der Waals surface area (Å²) in [6, 6.07) is 13.5. The largest absolute Gasteiger partial charge is 0.482 e. The summed E-state index contributed by atoms with van der Waals surface area (Å²) in [4.78, 5) is 17.6. The summed E-state index contributed by atoms with van der Waals surface area (Å²) in [6.45, 7) is 3.61. The smallest absolute Gasteiger partial charge is 0.341 e. The van der Waals surface area contributed by atoms with Gasteiger partial charge in [-0.3, -0.25) is 0 Å². The lowest BCUT2D eigenvalue weighted by molar-refractivity contribution is -0.139. The molecule has 3 rings (SSSR count). The van der Waals surface area contributed by atoms with Gasteiger partial charge in [-0.15, -0.1) is 23.1 Å². The predicted molar refractivity (Wildman–Crippen MR) is 111 cm³/mol. The van der Waals surface area contributed by atoms with Crippen molar-refractivity contribution >= 4 is 40.7 Å². The van der Waals surface area contributed by atoms with Crippen LogP contribution in [0.3, 0.4) is 0 Å². The van der Waals surface area contributed by atoms with Crippen LogP contribution in [0.5, 0.6) is 5.75 Å². The zero-order chi connectivity index (χ0) is 19.4. The van der Waals surface area contributed by atoms with Gasteiger partial charge in [-0.2, -0.15) is 0 Å². The Bertz CT molecular complexity index is 954. The van der Waals surface area contributed by atoms with Gasteiger partial charge in [-0.1, -0.05) is 23.7 Å². The number of aryl methyl sites for hydroxylation is 2. The number of nitrogens with zero attached hydrogens (tertiary/aromatic N) is 1. The lowest BCUT2D eigenvalue weighted by Gasteiger charge is -2.08. The predicted octanol–water partition coefficient (Wildman–Crippen LogP) is 5.84. The Morgan fingerprint density at radius 3 is 2.63 bits per heavy atom. The van der Waals surface area contributed by atoms with Crippen molar-refractivity contribution in [1.29, 1.82) is 0 Å². The van der Waals surface area contributed by atoms with E-state index >= 15 is 0 Å². The monoisotopic (exact) mass is 419 g/mol. The molecule has 0 radical (unpaired) electrons. The summed E-state index contributed by atoms with van der Waals surface area (Å²) >= 11 is 9.37. The van der Waals surface area contributed by atoms with E-state index in [4.69, 9.17) is 21.4 Å². The molecule has 0 saturated heterocycles. The highest BCUT2D eigenvalue weighted by atomic mass is 35.5. The molecule has 3 aromatic rings. The molecule has 1 N–H and O–H groups in total. The molecule has 140 valence electrons. The van der Waals surface area contributed by atoms with Crippen LogP contribution in [0.2, 0.25) is 5.02 Å². The van der Waals surface area contributed by atoms with Crippen LogP contribution in [0.4, 0.5) is 0 Å². The van der Waals surface area contributed by atoms with Crippen molar-refractivity contribution in [3.8, 4) is 16.3 Å². The molecule has 0 spiro atoms. The minimum absolute atomic E-state index is 0.332. The molecular formula is C20H18ClNO3S2. The number of hydrogen-bond donors (Lipinski definition) is 1. The highest BCUT2D eigenvalue weighted by molar-refractivity contribution is 7.98. The summed E-state index contributed by atoms with van der Waals surface area (Å²) < 4.78 is 5.27. The van der Waals surface area contributed by atoms with Gasteiger partial charge in [0.15, 0.2) is 6.61 Å². The number of carbonyl (C=O) groups is 1. The van der Waals surface area contributed by atoms with E-state index in [9.17, 15) is 4.79 Å². The molecule has 0 aliphatic carbocycles. The van der Waals surface area contributed by atoms with E-state index in [0.29, 0.717) is 10.8 Å². The molecule has 2 aromatic carbocycles. The average molecular weight is 420 g/mol. The Hall–Kier alpha value is -2.02. The number of thioether (sulfide) groups is 1. The van der Waals surface area contributed by atoms with Crippen molar-refractivity contribution in [2.24, 2.45) is 0 Å². The molecule has 0 bridgehead atoms. The maximum atomic E-state index is 10.6. The number of halogens is 1. The van der Waals surface area contributed by atoms with E-state index < -0.39 is 5.97 Å². The second kappa shape index (κ2) is 8.78. The van der Waals surface area contributed by atoms with Crippen LogP contribution in [0.1, 0.15) is 16.1 Å². The number of hydrogen-bond acceptors (Lipinski definition) is 5. The first-order chi connectivity index (χ1) is 12.9. The lowest BCUT2D eigenvalue weighted by Crippen LogP contribution is -2.09. The van der Waals surface area contributed by atoms with E-state index in [0.717, 1.165) is 32.5 Å². The van der Waals surface area contributed by atoms with Crippen LogP contribution in [0, 0.1) is 13.8 Å². The molecule has 0 aliphatic heterocycles. The van der Waals surface area contributed by atoms with E-state index in [1.807, 2.05) is 56.3 Å². The fourth-order valence-electron chi connectivity index (χ4n) is 2.44. The van der Waals surface area contributed by atoms with Gasteiger partial charge in [-0.25, -0.2) is 9.78 Å². The Balaban J connectivity index is 1.67. The molecule has 1 aromatic heterocycles. The summed E-state index contributed by atoms with van der Waals surface area (Å²) in [5.74, 6) is 0.442. The molecule has 27 heavy (non-hydrogen) atoms. The highest BCUT2D eigenvalue weighted by Crippen LogP contribution is 2.34. The molecular weight excluding hydrogens is 402 g/mol. The maximum absolute atomic E-state index is 10.6. The second-order valence-electron chi connectivity index (χ2n) is 5.93. The number of thiazole rings is 1. The third kappa shape index (κ3) is 5.25. The number of benzene rings is 2.